The van der Waals surface area contributed by atoms with Crippen LogP contribution in [-0.2, 0) is 0 Å². The van der Waals surface area contributed by atoms with Gasteiger partial charge >= 0.3 is 0 Å². The molecule has 1 N–H and O–H groups in total. The van der Waals surface area contributed by atoms with E-state index in [0.717, 1.165) is 25.6 Å². The van der Waals surface area contributed by atoms with Crippen LogP contribution in [0.25, 0.3) is 0 Å². The summed E-state index contributed by atoms with van der Waals surface area (Å²) >= 11 is 0. The first-order valence-electron chi connectivity index (χ1n) is 7.42. The number of nitro benzene ring substituents is 1. The lowest BCUT2D eigenvalue weighted by Gasteiger charge is -2.34. The fourth-order valence-electron chi connectivity index (χ4n) is 2.76. The third-order valence-corrected chi connectivity index (χ3v) is 3.86. The summed E-state index contributed by atoms with van der Waals surface area (Å²) < 4.78 is 13.6. The predicted molar refractivity (Wildman–Crippen MR) is 81.2 cm³/mol. The topological polar surface area (TPSA) is 58.4 Å². The van der Waals surface area contributed by atoms with Crippen LogP contribution in [0.15, 0.2) is 18.2 Å². The summed E-state index contributed by atoms with van der Waals surface area (Å²) in [5, 5.41) is 14.4. The van der Waals surface area contributed by atoms with Crippen molar-refractivity contribution < 1.29 is 9.31 Å². The molecule has 1 aromatic carbocycles. The Balaban J connectivity index is 2.22. The van der Waals surface area contributed by atoms with Gasteiger partial charge in [-0.15, -0.1) is 0 Å². The lowest BCUT2D eigenvalue weighted by molar-refractivity contribution is -0.385. The van der Waals surface area contributed by atoms with Gasteiger partial charge in [-0.3, -0.25) is 10.1 Å². The molecule has 1 atom stereocenters. The summed E-state index contributed by atoms with van der Waals surface area (Å²) in [7, 11) is 0. The number of hydrogen-bond acceptors (Lipinski definition) is 4. The number of nitrogens with zero attached hydrogens (tertiary/aromatic N) is 2. The first kappa shape index (κ1) is 15.7. The highest BCUT2D eigenvalue weighted by Crippen LogP contribution is 2.26. The van der Waals surface area contributed by atoms with Gasteiger partial charge in [-0.1, -0.05) is 6.42 Å². The van der Waals surface area contributed by atoms with Crippen molar-refractivity contribution in [1.82, 2.24) is 5.32 Å². The van der Waals surface area contributed by atoms with Crippen LogP contribution < -0.4 is 10.2 Å². The van der Waals surface area contributed by atoms with E-state index in [1.54, 1.807) is 0 Å². The molecule has 1 heterocycles. The van der Waals surface area contributed by atoms with Crippen molar-refractivity contribution >= 4 is 11.4 Å². The fraction of sp³-hybridized carbons (Fsp3) is 0.600. The third-order valence-electron chi connectivity index (χ3n) is 3.86. The van der Waals surface area contributed by atoms with Crippen LogP contribution in [0.2, 0.25) is 0 Å². The average molecular weight is 295 g/mol. The van der Waals surface area contributed by atoms with Gasteiger partial charge < -0.3 is 10.2 Å². The van der Waals surface area contributed by atoms with Crippen LogP contribution in [-0.4, -0.2) is 30.1 Å². The Hall–Kier alpha value is -1.69. The van der Waals surface area contributed by atoms with Crippen molar-refractivity contribution in [2.75, 3.05) is 18.0 Å². The van der Waals surface area contributed by atoms with Gasteiger partial charge in [-0.05, 0) is 39.3 Å². The third kappa shape index (κ3) is 4.14. The van der Waals surface area contributed by atoms with E-state index < -0.39 is 10.7 Å². The Morgan fingerprint density at radius 1 is 1.43 bits per heavy atom. The second-order valence-corrected chi connectivity index (χ2v) is 5.82. The number of anilines is 1. The molecule has 21 heavy (non-hydrogen) atoms. The summed E-state index contributed by atoms with van der Waals surface area (Å²) in [6.45, 7) is 5.76. The number of non-ortho nitro benzene ring substituents is 1. The summed E-state index contributed by atoms with van der Waals surface area (Å²) in [5.41, 5.74) is 0.372. The Labute approximate surface area is 124 Å². The normalized spacial score (nSPS) is 18.8. The number of rotatable bonds is 5. The lowest BCUT2D eigenvalue weighted by Crippen LogP contribution is -2.46. The number of nitrogens with one attached hydrogen (secondary N) is 1. The molecule has 5 nitrogen and oxygen atoms in total. The summed E-state index contributed by atoms with van der Waals surface area (Å²) in [5.74, 6) is -0.568. The zero-order chi connectivity index (χ0) is 15.4. The summed E-state index contributed by atoms with van der Waals surface area (Å²) in [6, 6.07) is 4.28. The van der Waals surface area contributed by atoms with E-state index in [0.29, 0.717) is 11.7 Å². The molecule has 1 aromatic rings. The van der Waals surface area contributed by atoms with E-state index in [-0.39, 0.29) is 11.7 Å². The van der Waals surface area contributed by atoms with Crippen LogP contribution in [0, 0.1) is 15.9 Å². The molecule has 1 fully saturated rings. The largest absolute Gasteiger partial charge is 0.367 e. The first-order valence-corrected chi connectivity index (χ1v) is 7.42. The molecular weight excluding hydrogens is 273 g/mol. The maximum Gasteiger partial charge on any atom is 0.274 e. The van der Waals surface area contributed by atoms with Crippen molar-refractivity contribution in [2.24, 2.45) is 0 Å². The molecule has 0 saturated carbocycles. The maximum absolute atomic E-state index is 13.6. The molecule has 116 valence electrons. The molecule has 1 saturated heterocycles. The molecule has 0 aliphatic carbocycles. The Kier molecular flexibility index (Phi) is 5.12. The number of benzene rings is 1. The Morgan fingerprint density at radius 2 is 2.19 bits per heavy atom. The van der Waals surface area contributed by atoms with E-state index in [2.05, 4.69) is 5.32 Å². The van der Waals surface area contributed by atoms with Gasteiger partial charge in [0.25, 0.3) is 5.69 Å². The fourth-order valence-corrected chi connectivity index (χ4v) is 2.76. The second kappa shape index (κ2) is 6.85. The number of nitro groups is 1. The Morgan fingerprint density at radius 3 is 2.76 bits per heavy atom. The number of hydrogen-bond donors (Lipinski definition) is 1. The van der Waals surface area contributed by atoms with Gasteiger partial charge in [-0.25, -0.2) is 4.39 Å². The van der Waals surface area contributed by atoms with Crippen molar-refractivity contribution in [2.45, 2.75) is 45.2 Å². The first-order chi connectivity index (χ1) is 9.97. The standard InChI is InChI=1S/C15H22FN3O2/c1-11(2)18(10-13-5-3-4-6-17-13)14-7-12(16)8-15(9-14)19(20)21/h7-9,11,13,17H,3-6,10H2,1-2H3. The molecule has 2 rings (SSSR count). The van der Waals surface area contributed by atoms with Crippen LogP contribution in [0.4, 0.5) is 15.8 Å². The van der Waals surface area contributed by atoms with Crippen molar-refractivity contribution in [3.05, 3.63) is 34.1 Å². The van der Waals surface area contributed by atoms with E-state index >= 15 is 0 Å². The molecule has 0 amide bonds. The Bertz CT molecular complexity index is 502. The molecule has 0 spiro atoms. The minimum atomic E-state index is -0.568. The number of piperidine rings is 1. The lowest BCUT2D eigenvalue weighted by atomic mass is 10.0. The van der Waals surface area contributed by atoms with E-state index in [9.17, 15) is 14.5 Å². The highest BCUT2D eigenvalue weighted by atomic mass is 19.1. The summed E-state index contributed by atoms with van der Waals surface area (Å²) in [4.78, 5) is 12.4. The van der Waals surface area contributed by atoms with Gasteiger partial charge in [0, 0.05) is 30.4 Å². The number of halogens is 1. The predicted octanol–water partition coefficient (Wildman–Crippen LogP) is 3.09. The minimum Gasteiger partial charge on any atom is -0.367 e. The van der Waals surface area contributed by atoms with Gasteiger partial charge in [0.05, 0.1) is 11.0 Å². The second-order valence-electron chi connectivity index (χ2n) is 5.82. The monoisotopic (exact) mass is 295 g/mol. The van der Waals surface area contributed by atoms with Crippen molar-refractivity contribution in [3.8, 4) is 0 Å². The molecule has 1 aliphatic heterocycles. The van der Waals surface area contributed by atoms with Crippen molar-refractivity contribution in [3.63, 3.8) is 0 Å². The molecule has 0 bridgehead atoms. The zero-order valence-electron chi connectivity index (χ0n) is 12.5. The van der Waals surface area contributed by atoms with Crippen LogP contribution >= 0.6 is 0 Å². The molecule has 6 heteroatoms. The van der Waals surface area contributed by atoms with Gasteiger partial charge in [-0.2, -0.15) is 0 Å². The van der Waals surface area contributed by atoms with E-state index in [1.807, 2.05) is 18.7 Å². The average Bonchev–Trinajstić information content (AvgIpc) is 2.44. The van der Waals surface area contributed by atoms with Crippen LogP contribution in [0.5, 0.6) is 0 Å². The zero-order valence-corrected chi connectivity index (χ0v) is 12.5. The molecule has 0 radical (unpaired) electrons. The highest BCUT2D eigenvalue weighted by Gasteiger charge is 2.21. The van der Waals surface area contributed by atoms with Crippen molar-refractivity contribution in [1.29, 1.82) is 0 Å². The molecule has 0 aromatic heterocycles. The van der Waals surface area contributed by atoms with Gasteiger partial charge in [0.2, 0.25) is 0 Å². The maximum atomic E-state index is 13.6. The van der Waals surface area contributed by atoms with Gasteiger partial charge in [0.1, 0.15) is 5.82 Å². The quantitative estimate of drug-likeness (QED) is 0.670. The van der Waals surface area contributed by atoms with Crippen LogP contribution in [0.3, 0.4) is 0 Å². The molecule has 1 aliphatic rings. The minimum absolute atomic E-state index is 0.148. The summed E-state index contributed by atoms with van der Waals surface area (Å²) in [6.07, 6.45) is 3.46. The van der Waals surface area contributed by atoms with Gasteiger partial charge in [0.15, 0.2) is 0 Å². The molecular formula is C15H22FN3O2. The molecule has 1 unspecified atom stereocenters. The van der Waals surface area contributed by atoms with E-state index in [1.165, 1.54) is 25.0 Å². The highest BCUT2D eigenvalue weighted by molar-refractivity contribution is 5.54. The van der Waals surface area contributed by atoms with Crippen LogP contribution in [0.1, 0.15) is 33.1 Å². The van der Waals surface area contributed by atoms with E-state index in [4.69, 9.17) is 0 Å². The smallest absolute Gasteiger partial charge is 0.274 e. The SMILES string of the molecule is CC(C)N(CC1CCCCN1)c1cc(F)cc([N+](=O)[O-])c1.